The minimum absolute atomic E-state index is 0.0581. The second kappa shape index (κ2) is 31.2. The molecule has 0 bridgehead atoms. The van der Waals surface area contributed by atoms with Gasteiger partial charge in [-0.25, -0.2) is 4.57 Å². The van der Waals surface area contributed by atoms with Gasteiger partial charge in [0.2, 0.25) is 0 Å². The standard InChI is InChI=1S/C38H76NO7P/c1-6-8-10-12-14-16-17-18-19-20-21-23-25-27-29-31-38(41)44-34-36(35-46-47(42,43)45-33-32-39(3,4)5)37(40)30-28-26-24-22-15-13-11-9-7-2/h36H,6-35H2,1-5H3/p+1/t36-/m1/s1. The predicted octanol–water partition coefficient (Wildman–Crippen LogP) is 10.7. The van der Waals surface area contributed by atoms with Crippen LogP contribution >= 0.6 is 7.82 Å². The van der Waals surface area contributed by atoms with Crippen LogP contribution in [0.5, 0.6) is 0 Å². The SMILES string of the molecule is CCCCCCCCCCCCCCCCCC(=O)OC[C@H](COP(=O)(O)OCC[N+](C)(C)C)C(=O)CCCCCCCCCCC. The van der Waals surface area contributed by atoms with Crippen molar-refractivity contribution in [2.45, 2.75) is 181 Å². The summed E-state index contributed by atoms with van der Waals surface area (Å²) >= 11 is 0. The molecule has 0 amide bonds. The number of hydrogen-bond donors (Lipinski definition) is 1. The van der Waals surface area contributed by atoms with Crippen LogP contribution in [0.3, 0.4) is 0 Å². The average molecular weight is 691 g/mol. The van der Waals surface area contributed by atoms with E-state index >= 15 is 0 Å². The van der Waals surface area contributed by atoms with Crippen molar-refractivity contribution in [2.75, 3.05) is 47.5 Å². The zero-order chi connectivity index (χ0) is 35.1. The molecule has 0 aromatic carbocycles. The Labute approximate surface area is 290 Å². The first-order chi connectivity index (χ1) is 22.5. The van der Waals surface area contributed by atoms with E-state index in [2.05, 4.69) is 13.8 Å². The van der Waals surface area contributed by atoms with Gasteiger partial charge in [0.25, 0.3) is 0 Å². The topological polar surface area (TPSA) is 99.1 Å². The fourth-order valence-electron chi connectivity index (χ4n) is 5.61. The van der Waals surface area contributed by atoms with Gasteiger partial charge in [-0.15, -0.1) is 0 Å². The Bertz CT molecular complexity index is 786. The number of carbonyl (C=O) groups is 2. The van der Waals surface area contributed by atoms with Crippen LogP contribution < -0.4 is 0 Å². The van der Waals surface area contributed by atoms with Crippen LogP contribution in [0, 0.1) is 5.92 Å². The van der Waals surface area contributed by atoms with E-state index in [1.54, 1.807) is 0 Å². The first kappa shape index (κ1) is 46.2. The van der Waals surface area contributed by atoms with Gasteiger partial charge >= 0.3 is 13.8 Å². The van der Waals surface area contributed by atoms with E-state index in [4.69, 9.17) is 13.8 Å². The minimum Gasteiger partial charge on any atom is -0.465 e. The fourth-order valence-corrected chi connectivity index (χ4v) is 6.36. The molecule has 0 spiro atoms. The fraction of sp³-hybridized carbons (Fsp3) is 0.947. The molecule has 0 heterocycles. The lowest BCUT2D eigenvalue weighted by Gasteiger charge is -2.24. The summed E-state index contributed by atoms with van der Waals surface area (Å²) in [5.41, 5.74) is 0. The van der Waals surface area contributed by atoms with Crippen molar-refractivity contribution in [1.82, 2.24) is 0 Å². The lowest BCUT2D eigenvalue weighted by atomic mass is 9.99. The lowest BCUT2D eigenvalue weighted by molar-refractivity contribution is -0.870. The van der Waals surface area contributed by atoms with Gasteiger partial charge in [0.15, 0.2) is 0 Å². The van der Waals surface area contributed by atoms with E-state index in [1.807, 2.05) is 21.1 Å². The van der Waals surface area contributed by atoms with Gasteiger partial charge in [0.05, 0.1) is 33.7 Å². The molecule has 0 aliphatic carbocycles. The van der Waals surface area contributed by atoms with Gasteiger partial charge in [-0.3, -0.25) is 18.6 Å². The Morgan fingerprint density at radius 2 is 0.957 bits per heavy atom. The maximum Gasteiger partial charge on any atom is 0.472 e. The molecule has 9 heteroatoms. The van der Waals surface area contributed by atoms with E-state index in [9.17, 15) is 19.0 Å². The summed E-state index contributed by atoms with van der Waals surface area (Å²) in [6.45, 7) is 4.64. The van der Waals surface area contributed by atoms with Crippen molar-refractivity contribution >= 4 is 19.6 Å². The number of ketones is 1. The summed E-state index contributed by atoms with van der Waals surface area (Å²) in [6, 6.07) is 0. The molecule has 47 heavy (non-hydrogen) atoms. The highest BCUT2D eigenvalue weighted by molar-refractivity contribution is 7.47. The van der Waals surface area contributed by atoms with E-state index in [0.717, 1.165) is 38.5 Å². The number of nitrogens with zero attached hydrogens (tertiary/aromatic N) is 1. The number of phosphoric ester groups is 1. The molecule has 0 aromatic heterocycles. The summed E-state index contributed by atoms with van der Waals surface area (Å²) in [5, 5.41) is 0. The molecule has 0 aliphatic rings. The number of ether oxygens (including phenoxy) is 1. The first-order valence-electron chi connectivity index (χ1n) is 19.6. The maximum atomic E-state index is 13.0. The van der Waals surface area contributed by atoms with Crippen LogP contribution in [0.2, 0.25) is 0 Å². The number of phosphoric acid groups is 1. The van der Waals surface area contributed by atoms with Crippen LogP contribution in [0.1, 0.15) is 181 Å². The second-order valence-electron chi connectivity index (χ2n) is 14.7. The highest BCUT2D eigenvalue weighted by atomic mass is 31.2. The third-order valence-electron chi connectivity index (χ3n) is 8.87. The number of esters is 1. The van der Waals surface area contributed by atoms with E-state index in [-0.39, 0.29) is 31.6 Å². The smallest absolute Gasteiger partial charge is 0.465 e. The third kappa shape index (κ3) is 33.5. The monoisotopic (exact) mass is 691 g/mol. The zero-order valence-corrected chi connectivity index (χ0v) is 32.5. The van der Waals surface area contributed by atoms with Gasteiger partial charge in [0, 0.05) is 12.8 Å². The highest BCUT2D eigenvalue weighted by Crippen LogP contribution is 2.43. The molecule has 0 aliphatic heterocycles. The largest absolute Gasteiger partial charge is 0.472 e. The Balaban J connectivity index is 4.34. The quantitative estimate of drug-likeness (QED) is 0.0302. The van der Waals surface area contributed by atoms with Crippen LogP contribution in [0.25, 0.3) is 0 Å². The van der Waals surface area contributed by atoms with Crippen LogP contribution in [0.15, 0.2) is 0 Å². The number of hydrogen-bond acceptors (Lipinski definition) is 6. The van der Waals surface area contributed by atoms with Crippen molar-refractivity contribution in [3.8, 4) is 0 Å². The van der Waals surface area contributed by atoms with Crippen LogP contribution in [0.4, 0.5) is 0 Å². The molecule has 1 N–H and O–H groups in total. The molecule has 2 atom stereocenters. The van der Waals surface area contributed by atoms with Crippen molar-refractivity contribution in [3.05, 3.63) is 0 Å². The molecular formula is C38H77NO7P+. The number of quaternary nitrogens is 1. The van der Waals surface area contributed by atoms with Gasteiger partial charge in [-0.2, -0.15) is 0 Å². The lowest BCUT2D eigenvalue weighted by Crippen LogP contribution is -2.37. The summed E-state index contributed by atoms with van der Waals surface area (Å²) in [7, 11) is 1.56. The Hall–Kier alpha value is -0.790. The molecule has 0 saturated heterocycles. The molecule has 280 valence electrons. The van der Waals surface area contributed by atoms with Crippen molar-refractivity contribution < 1.29 is 37.3 Å². The number of likely N-dealkylation sites (N-methyl/N-ethyl adjacent to an activating group) is 1. The average Bonchev–Trinajstić information content (AvgIpc) is 3.01. The number of carbonyl (C=O) groups excluding carboxylic acids is 2. The molecule has 0 radical (unpaired) electrons. The first-order valence-corrected chi connectivity index (χ1v) is 21.1. The number of unbranched alkanes of at least 4 members (excludes halogenated alkanes) is 22. The van der Waals surface area contributed by atoms with E-state index < -0.39 is 13.7 Å². The number of Topliss-reactive ketones (excluding diaryl/α,β-unsaturated/α-hetero) is 1. The van der Waals surface area contributed by atoms with Crippen LogP contribution in [-0.2, 0) is 27.9 Å². The van der Waals surface area contributed by atoms with Gasteiger partial charge in [-0.1, -0.05) is 155 Å². The van der Waals surface area contributed by atoms with Crippen LogP contribution in [-0.4, -0.2) is 68.6 Å². The third-order valence-corrected chi connectivity index (χ3v) is 9.85. The second-order valence-corrected chi connectivity index (χ2v) is 16.2. The summed E-state index contributed by atoms with van der Waals surface area (Å²) < 4.78 is 28.8. The summed E-state index contributed by atoms with van der Waals surface area (Å²) in [5.74, 6) is -1.21. The molecule has 0 saturated carbocycles. The molecule has 1 unspecified atom stereocenters. The van der Waals surface area contributed by atoms with Gasteiger partial charge in [0.1, 0.15) is 25.5 Å². The molecule has 8 nitrogen and oxygen atoms in total. The molecule has 0 rings (SSSR count). The Morgan fingerprint density at radius 1 is 0.574 bits per heavy atom. The van der Waals surface area contributed by atoms with Crippen molar-refractivity contribution in [1.29, 1.82) is 0 Å². The normalized spacial score (nSPS) is 13.8. The van der Waals surface area contributed by atoms with Crippen molar-refractivity contribution in [2.24, 2.45) is 5.92 Å². The van der Waals surface area contributed by atoms with Gasteiger partial charge < -0.3 is 14.1 Å². The van der Waals surface area contributed by atoms with Crippen molar-refractivity contribution in [3.63, 3.8) is 0 Å². The molecular weight excluding hydrogens is 613 g/mol. The summed E-state index contributed by atoms with van der Waals surface area (Å²) in [4.78, 5) is 35.7. The number of rotatable bonds is 36. The predicted molar refractivity (Wildman–Crippen MR) is 195 cm³/mol. The van der Waals surface area contributed by atoms with E-state index in [1.165, 1.54) is 116 Å². The summed E-state index contributed by atoms with van der Waals surface area (Å²) in [6.07, 6.45) is 30.0. The minimum atomic E-state index is -4.32. The molecule has 0 fully saturated rings. The highest BCUT2D eigenvalue weighted by Gasteiger charge is 2.28. The van der Waals surface area contributed by atoms with Gasteiger partial charge in [-0.05, 0) is 12.8 Å². The Kier molecular flexibility index (Phi) is 30.7. The molecule has 0 aromatic rings. The Morgan fingerprint density at radius 3 is 1.36 bits per heavy atom. The zero-order valence-electron chi connectivity index (χ0n) is 31.6. The van der Waals surface area contributed by atoms with E-state index in [0.29, 0.717) is 23.9 Å². The maximum absolute atomic E-state index is 13.0.